The highest BCUT2D eigenvalue weighted by Crippen LogP contribution is 2.54. The van der Waals surface area contributed by atoms with Gasteiger partial charge in [-0.1, -0.05) is 13.8 Å². The molecule has 2 aliphatic rings. The molecule has 19 heavy (non-hydrogen) atoms. The number of carbonyl (C=O) groups excluding carboxylic acids is 1. The molecule has 0 spiro atoms. The molecule has 1 aliphatic carbocycles. The summed E-state index contributed by atoms with van der Waals surface area (Å²) in [6, 6.07) is 0.438. The summed E-state index contributed by atoms with van der Waals surface area (Å²) in [4.78, 5) is 14.5. The summed E-state index contributed by atoms with van der Waals surface area (Å²) in [7, 11) is 0. The van der Waals surface area contributed by atoms with E-state index in [0.717, 1.165) is 12.3 Å². The van der Waals surface area contributed by atoms with E-state index in [4.69, 9.17) is 10.5 Å². The highest BCUT2D eigenvalue weighted by atomic mass is 16.6. The third-order valence-electron chi connectivity index (χ3n) is 4.65. The lowest BCUT2D eigenvalue weighted by molar-refractivity contribution is -0.0180. The summed E-state index contributed by atoms with van der Waals surface area (Å²) in [5.41, 5.74) is 5.49. The predicted molar refractivity (Wildman–Crippen MR) is 75.8 cm³/mol. The first-order chi connectivity index (χ1) is 8.80. The number of hydrogen-bond acceptors (Lipinski definition) is 3. The van der Waals surface area contributed by atoms with E-state index in [1.807, 2.05) is 25.7 Å². The van der Waals surface area contributed by atoms with E-state index in [-0.39, 0.29) is 12.1 Å². The van der Waals surface area contributed by atoms with Crippen molar-refractivity contribution in [3.63, 3.8) is 0 Å². The molecule has 110 valence electrons. The molecule has 4 nitrogen and oxygen atoms in total. The molecule has 1 saturated heterocycles. The van der Waals surface area contributed by atoms with Crippen LogP contribution in [-0.4, -0.2) is 35.2 Å². The minimum Gasteiger partial charge on any atom is -0.444 e. The molecule has 1 aliphatic heterocycles. The molecule has 0 aromatic heterocycles. The molecule has 2 N–H and O–H groups in total. The zero-order valence-corrected chi connectivity index (χ0v) is 12.8. The summed E-state index contributed by atoms with van der Waals surface area (Å²) in [6.07, 6.45) is 2.05. The number of fused-ring (bicyclic) bond motifs is 1. The van der Waals surface area contributed by atoms with Gasteiger partial charge in [-0.15, -0.1) is 0 Å². The molecule has 4 heteroatoms. The van der Waals surface area contributed by atoms with E-state index in [1.165, 1.54) is 6.42 Å². The number of amides is 1. The van der Waals surface area contributed by atoms with Crippen LogP contribution in [0.4, 0.5) is 4.79 Å². The summed E-state index contributed by atoms with van der Waals surface area (Å²) in [5.74, 6) is 1.91. The lowest BCUT2D eigenvalue weighted by Crippen LogP contribution is -2.58. The fourth-order valence-corrected chi connectivity index (χ4v) is 3.69. The maximum atomic E-state index is 12.5. The van der Waals surface area contributed by atoms with Crippen LogP contribution in [0.5, 0.6) is 0 Å². The predicted octanol–water partition coefficient (Wildman–Crippen LogP) is 2.62. The topological polar surface area (TPSA) is 55.6 Å². The maximum Gasteiger partial charge on any atom is 0.410 e. The Morgan fingerprint density at radius 1 is 1.32 bits per heavy atom. The fraction of sp³-hybridized carbons (Fsp3) is 0.933. The molecule has 0 aromatic rings. The molecular formula is C15H28N2O2. The number of carbonyl (C=O) groups is 1. The van der Waals surface area contributed by atoms with Crippen molar-refractivity contribution in [1.82, 2.24) is 4.90 Å². The Kier molecular flexibility index (Phi) is 3.83. The Balaban J connectivity index is 2.19. The summed E-state index contributed by atoms with van der Waals surface area (Å²) in [6.45, 7) is 10.6. The normalized spacial score (nSPS) is 37.8. The number of hydrogen-bond donors (Lipinski definition) is 1. The monoisotopic (exact) mass is 268 g/mol. The van der Waals surface area contributed by atoms with Crippen molar-refractivity contribution in [2.75, 3.05) is 6.54 Å². The van der Waals surface area contributed by atoms with Crippen LogP contribution in [0.25, 0.3) is 0 Å². The largest absolute Gasteiger partial charge is 0.444 e. The Labute approximate surface area is 116 Å². The standard InChI is InChI=1S/C15H28N2O2/c1-6-12-11-7-10(11)9(2)13(8-16)17(12)14(18)19-15(3,4)5/h9-13H,6-8,16H2,1-5H3/t9?,10-,11-,12?,13-/m0/s1. The van der Waals surface area contributed by atoms with Gasteiger partial charge in [0.15, 0.2) is 0 Å². The van der Waals surface area contributed by atoms with Crippen LogP contribution in [0.1, 0.15) is 47.5 Å². The van der Waals surface area contributed by atoms with Gasteiger partial charge in [0.25, 0.3) is 0 Å². The first-order valence-electron chi connectivity index (χ1n) is 7.51. The minimum atomic E-state index is -0.446. The van der Waals surface area contributed by atoms with Crippen molar-refractivity contribution >= 4 is 6.09 Å². The molecule has 1 amide bonds. The lowest BCUT2D eigenvalue weighted by atomic mass is 9.86. The van der Waals surface area contributed by atoms with Crippen molar-refractivity contribution in [3.8, 4) is 0 Å². The number of rotatable bonds is 2. The molecular weight excluding hydrogens is 240 g/mol. The quantitative estimate of drug-likeness (QED) is 0.837. The van der Waals surface area contributed by atoms with Crippen molar-refractivity contribution in [1.29, 1.82) is 0 Å². The van der Waals surface area contributed by atoms with Gasteiger partial charge in [0.05, 0.1) is 6.04 Å². The third-order valence-corrected chi connectivity index (χ3v) is 4.65. The summed E-state index contributed by atoms with van der Waals surface area (Å²) >= 11 is 0. The fourth-order valence-electron chi connectivity index (χ4n) is 3.69. The number of likely N-dealkylation sites (tertiary alicyclic amines) is 1. The lowest BCUT2D eigenvalue weighted by Gasteiger charge is -2.44. The van der Waals surface area contributed by atoms with Gasteiger partial charge in [0.1, 0.15) is 5.60 Å². The smallest absolute Gasteiger partial charge is 0.410 e. The SMILES string of the molecule is CCC1[C@H]2C[C@H]2C(C)[C@H](CN)N1C(=O)OC(C)(C)C. The second-order valence-electron chi connectivity index (χ2n) is 7.09. The van der Waals surface area contributed by atoms with E-state index in [2.05, 4.69) is 13.8 Å². The van der Waals surface area contributed by atoms with Gasteiger partial charge >= 0.3 is 6.09 Å². The molecule has 2 unspecified atom stereocenters. The zero-order chi connectivity index (χ0) is 14.4. The van der Waals surface area contributed by atoms with Crippen molar-refractivity contribution in [2.45, 2.75) is 65.1 Å². The molecule has 2 fully saturated rings. The van der Waals surface area contributed by atoms with Gasteiger partial charge in [0, 0.05) is 12.6 Å². The van der Waals surface area contributed by atoms with Gasteiger partial charge < -0.3 is 15.4 Å². The van der Waals surface area contributed by atoms with Crippen LogP contribution in [0.15, 0.2) is 0 Å². The minimum absolute atomic E-state index is 0.128. The number of piperidine rings is 1. The van der Waals surface area contributed by atoms with Crippen LogP contribution < -0.4 is 5.73 Å². The van der Waals surface area contributed by atoms with Crippen LogP contribution in [-0.2, 0) is 4.74 Å². The van der Waals surface area contributed by atoms with Crippen molar-refractivity contribution < 1.29 is 9.53 Å². The second kappa shape index (κ2) is 4.97. The molecule has 2 rings (SSSR count). The van der Waals surface area contributed by atoms with Gasteiger partial charge in [-0.05, 0) is 51.4 Å². The highest BCUT2D eigenvalue weighted by molar-refractivity contribution is 5.69. The molecule has 1 heterocycles. The van der Waals surface area contributed by atoms with Gasteiger partial charge in [-0.25, -0.2) is 4.79 Å². The average Bonchev–Trinajstić information content (AvgIpc) is 3.06. The summed E-state index contributed by atoms with van der Waals surface area (Å²) < 4.78 is 5.59. The molecule has 5 atom stereocenters. The zero-order valence-electron chi connectivity index (χ0n) is 12.8. The van der Waals surface area contributed by atoms with Gasteiger partial charge in [-0.2, -0.15) is 0 Å². The van der Waals surface area contributed by atoms with Crippen molar-refractivity contribution in [2.24, 2.45) is 23.5 Å². The van der Waals surface area contributed by atoms with E-state index in [0.29, 0.717) is 24.4 Å². The Bertz CT molecular complexity index is 351. The van der Waals surface area contributed by atoms with E-state index < -0.39 is 5.60 Å². The van der Waals surface area contributed by atoms with Gasteiger partial charge in [-0.3, -0.25) is 0 Å². The highest BCUT2D eigenvalue weighted by Gasteiger charge is 2.56. The van der Waals surface area contributed by atoms with E-state index >= 15 is 0 Å². The third kappa shape index (κ3) is 2.73. The molecule has 0 aromatic carbocycles. The molecule has 0 radical (unpaired) electrons. The Morgan fingerprint density at radius 2 is 1.95 bits per heavy atom. The Morgan fingerprint density at radius 3 is 2.42 bits per heavy atom. The first kappa shape index (κ1) is 14.6. The average molecular weight is 268 g/mol. The summed E-state index contributed by atoms with van der Waals surface area (Å²) in [5, 5.41) is 0. The number of nitrogens with zero attached hydrogens (tertiary/aromatic N) is 1. The van der Waals surface area contributed by atoms with Gasteiger partial charge in [0.2, 0.25) is 0 Å². The molecule has 0 bridgehead atoms. The molecule has 1 saturated carbocycles. The maximum absolute atomic E-state index is 12.5. The number of nitrogens with two attached hydrogens (primary N) is 1. The van der Waals surface area contributed by atoms with E-state index in [9.17, 15) is 4.79 Å². The van der Waals surface area contributed by atoms with Crippen LogP contribution in [0, 0.1) is 17.8 Å². The van der Waals surface area contributed by atoms with Crippen molar-refractivity contribution in [3.05, 3.63) is 0 Å². The van der Waals surface area contributed by atoms with E-state index in [1.54, 1.807) is 0 Å². The van der Waals surface area contributed by atoms with Crippen LogP contribution in [0.2, 0.25) is 0 Å². The second-order valence-corrected chi connectivity index (χ2v) is 7.09. The number of ether oxygens (including phenoxy) is 1. The first-order valence-corrected chi connectivity index (χ1v) is 7.51. The van der Waals surface area contributed by atoms with Crippen LogP contribution in [0.3, 0.4) is 0 Å². The van der Waals surface area contributed by atoms with Crippen LogP contribution >= 0.6 is 0 Å². The Hall–Kier alpha value is -0.770.